The summed E-state index contributed by atoms with van der Waals surface area (Å²) < 4.78 is 5.11. The molecule has 0 aliphatic rings. The van der Waals surface area contributed by atoms with Crippen LogP contribution in [0, 0.1) is 0 Å². The van der Waals surface area contributed by atoms with Gasteiger partial charge in [0.15, 0.2) is 0 Å². The molecule has 0 aromatic heterocycles. The van der Waals surface area contributed by atoms with Gasteiger partial charge in [-0.05, 0) is 24.1 Å². The smallest absolute Gasteiger partial charge is 0.119 e. The van der Waals surface area contributed by atoms with Gasteiger partial charge in [-0.3, -0.25) is 0 Å². The van der Waals surface area contributed by atoms with Crippen molar-refractivity contribution in [3.05, 3.63) is 42.0 Å². The third-order valence-electron chi connectivity index (χ3n) is 2.48. The van der Waals surface area contributed by atoms with Crippen molar-refractivity contribution < 1.29 is 9.84 Å². The maximum Gasteiger partial charge on any atom is 0.119 e. The van der Waals surface area contributed by atoms with Crippen molar-refractivity contribution >= 4 is 0 Å². The van der Waals surface area contributed by atoms with Crippen molar-refractivity contribution in [2.24, 2.45) is 0 Å². The van der Waals surface area contributed by atoms with Crippen molar-refractivity contribution in [3.8, 4) is 5.75 Å². The average Bonchev–Trinajstić information content (AvgIpc) is 2.34. The molecule has 1 atom stereocenters. The van der Waals surface area contributed by atoms with Crippen LogP contribution in [0.2, 0.25) is 0 Å². The first-order valence-corrected chi connectivity index (χ1v) is 5.76. The molecule has 0 amide bonds. The fraction of sp³-hybridized carbons (Fsp3) is 0.429. The van der Waals surface area contributed by atoms with E-state index in [9.17, 15) is 5.11 Å². The number of allylic oxidation sites excluding steroid dienone is 1. The highest BCUT2D eigenvalue weighted by molar-refractivity contribution is 5.31. The Hall–Kier alpha value is -1.28. The normalized spacial score (nSPS) is 12.9. The third kappa shape index (κ3) is 4.07. The Morgan fingerprint density at radius 1 is 1.44 bits per heavy atom. The number of aliphatic hydroxyl groups excluding tert-OH is 1. The van der Waals surface area contributed by atoms with Gasteiger partial charge in [0.2, 0.25) is 0 Å². The molecule has 0 radical (unpaired) electrons. The van der Waals surface area contributed by atoms with E-state index in [1.807, 2.05) is 36.4 Å². The molecule has 0 saturated carbocycles. The minimum atomic E-state index is -0.535. The van der Waals surface area contributed by atoms with Gasteiger partial charge in [0.05, 0.1) is 13.2 Å². The van der Waals surface area contributed by atoms with Gasteiger partial charge in [-0.25, -0.2) is 0 Å². The van der Waals surface area contributed by atoms with E-state index in [-0.39, 0.29) is 0 Å². The summed E-state index contributed by atoms with van der Waals surface area (Å²) in [6.45, 7) is 2.16. The Morgan fingerprint density at radius 3 is 2.94 bits per heavy atom. The highest BCUT2D eigenvalue weighted by atomic mass is 16.5. The molecule has 0 bridgehead atoms. The van der Waals surface area contributed by atoms with Crippen LogP contribution in [-0.4, -0.2) is 12.2 Å². The quantitative estimate of drug-likeness (QED) is 0.587. The number of rotatable bonds is 6. The number of hydrogen-bond acceptors (Lipinski definition) is 2. The Morgan fingerprint density at radius 2 is 2.25 bits per heavy atom. The lowest BCUT2D eigenvalue weighted by Crippen LogP contribution is -1.93. The monoisotopic (exact) mass is 220 g/mol. The first-order chi connectivity index (χ1) is 7.77. The van der Waals surface area contributed by atoms with Crippen LogP contribution in [0.1, 0.15) is 37.9 Å². The summed E-state index contributed by atoms with van der Waals surface area (Å²) in [6, 6.07) is 7.51. The number of aliphatic hydroxyl groups is 1. The largest absolute Gasteiger partial charge is 0.497 e. The summed E-state index contributed by atoms with van der Waals surface area (Å²) in [5.41, 5.74) is 0.868. The molecule has 16 heavy (non-hydrogen) atoms. The molecule has 1 N–H and O–H groups in total. The maximum absolute atomic E-state index is 9.90. The van der Waals surface area contributed by atoms with Crippen LogP contribution >= 0.6 is 0 Å². The van der Waals surface area contributed by atoms with Gasteiger partial charge in [-0.2, -0.15) is 0 Å². The van der Waals surface area contributed by atoms with E-state index in [0.29, 0.717) is 0 Å². The summed E-state index contributed by atoms with van der Waals surface area (Å²) in [4.78, 5) is 0. The number of methoxy groups -OCH3 is 1. The molecule has 0 fully saturated rings. The van der Waals surface area contributed by atoms with Gasteiger partial charge < -0.3 is 9.84 Å². The topological polar surface area (TPSA) is 29.5 Å². The maximum atomic E-state index is 9.90. The van der Waals surface area contributed by atoms with Gasteiger partial charge in [-0.1, -0.05) is 44.1 Å². The van der Waals surface area contributed by atoms with Gasteiger partial charge in [0.1, 0.15) is 5.75 Å². The molecule has 2 heteroatoms. The summed E-state index contributed by atoms with van der Waals surface area (Å²) in [7, 11) is 1.63. The molecule has 88 valence electrons. The highest BCUT2D eigenvalue weighted by Gasteiger charge is 2.03. The first-order valence-electron chi connectivity index (χ1n) is 5.76. The summed E-state index contributed by atoms with van der Waals surface area (Å²) in [5.74, 6) is 0.776. The van der Waals surface area contributed by atoms with Crippen LogP contribution in [0.3, 0.4) is 0 Å². The summed E-state index contributed by atoms with van der Waals surface area (Å²) in [6.07, 6.45) is 6.71. The Labute approximate surface area is 97.6 Å². The molecule has 0 spiro atoms. The molecule has 0 heterocycles. The van der Waals surface area contributed by atoms with Crippen molar-refractivity contribution in [2.75, 3.05) is 7.11 Å². The zero-order valence-corrected chi connectivity index (χ0v) is 10.0. The zero-order chi connectivity index (χ0) is 11.8. The van der Waals surface area contributed by atoms with E-state index in [1.165, 1.54) is 12.8 Å². The number of benzene rings is 1. The second-order valence-corrected chi connectivity index (χ2v) is 3.79. The second-order valence-electron chi connectivity index (χ2n) is 3.79. The Bertz CT molecular complexity index is 331. The minimum Gasteiger partial charge on any atom is -0.497 e. The molecule has 0 unspecified atom stereocenters. The zero-order valence-electron chi connectivity index (χ0n) is 10.0. The van der Waals surface area contributed by atoms with Gasteiger partial charge in [0, 0.05) is 0 Å². The highest BCUT2D eigenvalue weighted by Crippen LogP contribution is 2.20. The minimum absolute atomic E-state index is 0.535. The predicted molar refractivity (Wildman–Crippen MR) is 66.6 cm³/mol. The van der Waals surface area contributed by atoms with E-state index >= 15 is 0 Å². The molecule has 2 nitrogen and oxygen atoms in total. The Kier molecular flexibility index (Phi) is 5.65. The van der Waals surface area contributed by atoms with Gasteiger partial charge in [0.25, 0.3) is 0 Å². The molecule has 0 aliphatic heterocycles. The number of unbranched alkanes of at least 4 members (excludes halogenated alkanes) is 2. The number of ether oxygens (including phenoxy) is 1. The lowest BCUT2D eigenvalue weighted by atomic mass is 10.1. The van der Waals surface area contributed by atoms with Crippen molar-refractivity contribution in [1.29, 1.82) is 0 Å². The molecule has 0 aliphatic carbocycles. The molecular weight excluding hydrogens is 200 g/mol. The van der Waals surface area contributed by atoms with E-state index in [0.717, 1.165) is 17.7 Å². The lowest BCUT2D eigenvalue weighted by Gasteiger charge is -2.07. The standard InChI is InChI=1S/C14H20O2/c1-3-4-5-6-10-14(15)12-8-7-9-13(11-12)16-2/h6-11,14-15H,3-5H2,1-2H3/b10-6+/t14-/m1/s1. The van der Waals surface area contributed by atoms with E-state index in [2.05, 4.69) is 6.92 Å². The van der Waals surface area contributed by atoms with Crippen LogP contribution in [0.25, 0.3) is 0 Å². The van der Waals surface area contributed by atoms with Crippen molar-refractivity contribution in [1.82, 2.24) is 0 Å². The Balaban J connectivity index is 2.57. The predicted octanol–water partition coefficient (Wildman–Crippen LogP) is 3.48. The molecule has 1 aromatic rings. The van der Waals surface area contributed by atoms with Gasteiger partial charge >= 0.3 is 0 Å². The fourth-order valence-electron chi connectivity index (χ4n) is 1.48. The van der Waals surface area contributed by atoms with E-state index < -0.39 is 6.10 Å². The van der Waals surface area contributed by atoms with Crippen LogP contribution in [0.5, 0.6) is 5.75 Å². The first kappa shape index (κ1) is 12.8. The second kappa shape index (κ2) is 7.07. The van der Waals surface area contributed by atoms with E-state index in [1.54, 1.807) is 7.11 Å². The van der Waals surface area contributed by atoms with E-state index in [4.69, 9.17) is 4.74 Å². The average molecular weight is 220 g/mol. The lowest BCUT2D eigenvalue weighted by molar-refractivity contribution is 0.227. The summed E-state index contributed by atoms with van der Waals surface area (Å²) in [5, 5.41) is 9.90. The van der Waals surface area contributed by atoms with Crippen molar-refractivity contribution in [2.45, 2.75) is 32.3 Å². The van der Waals surface area contributed by atoms with Crippen LogP contribution in [0.4, 0.5) is 0 Å². The van der Waals surface area contributed by atoms with Gasteiger partial charge in [-0.15, -0.1) is 0 Å². The molecule has 0 saturated heterocycles. The van der Waals surface area contributed by atoms with Crippen molar-refractivity contribution in [3.63, 3.8) is 0 Å². The molecule has 1 aromatic carbocycles. The summed E-state index contributed by atoms with van der Waals surface area (Å²) >= 11 is 0. The molecule has 1 rings (SSSR count). The van der Waals surface area contributed by atoms with Crippen LogP contribution < -0.4 is 4.74 Å². The SMILES string of the molecule is CCCC/C=C/[C@@H](O)c1cccc(OC)c1. The fourth-order valence-corrected chi connectivity index (χ4v) is 1.48. The molecular formula is C14H20O2. The van der Waals surface area contributed by atoms with Crippen LogP contribution in [-0.2, 0) is 0 Å². The number of hydrogen-bond donors (Lipinski definition) is 1. The third-order valence-corrected chi connectivity index (χ3v) is 2.48. The van der Waals surface area contributed by atoms with Crippen LogP contribution in [0.15, 0.2) is 36.4 Å².